The first kappa shape index (κ1) is 19.7. The van der Waals surface area contributed by atoms with E-state index in [4.69, 9.17) is 23.6 Å². The number of aromatic nitrogens is 1. The molecule has 0 saturated carbocycles. The van der Waals surface area contributed by atoms with Gasteiger partial charge in [-0.05, 0) is 45.4 Å². The standard InChI is InChI=1S/C21H30N2O4/c1-14-19(25-4)10-9-17(20(14)26-5)21-22-18(15(2)27-21)12-23-11-7-6-8-16(23)13-24-3/h9-10,16H,6-8,11-13H2,1-5H3. The Morgan fingerprint density at radius 3 is 2.67 bits per heavy atom. The van der Waals surface area contributed by atoms with E-state index in [1.807, 2.05) is 26.0 Å². The van der Waals surface area contributed by atoms with E-state index in [9.17, 15) is 0 Å². The van der Waals surface area contributed by atoms with Crippen LogP contribution in [0.25, 0.3) is 11.5 Å². The topological polar surface area (TPSA) is 57.0 Å². The zero-order valence-electron chi connectivity index (χ0n) is 17.0. The molecule has 2 heterocycles. The Bertz CT molecular complexity index is 770. The number of oxazole rings is 1. The zero-order chi connectivity index (χ0) is 19.4. The van der Waals surface area contributed by atoms with Gasteiger partial charge in [0.15, 0.2) is 0 Å². The van der Waals surface area contributed by atoms with E-state index in [0.717, 1.165) is 53.8 Å². The molecule has 1 aromatic heterocycles. The number of methoxy groups -OCH3 is 3. The second kappa shape index (κ2) is 8.76. The Kier molecular flexibility index (Phi) is 6.39. The first-order valence-electron chi connectivity index (χ1n) is 9.50. The molecule has 2 aromatic rings. The van der Waals surface area contributed by atoms with Crippen molar-refractivity contribution < 1.29 is 18.6 Å². The smallest absolute Gasteiger partial charge is 0.230 e. The van der Waals surface area contributed by atoms with Crippen LogP contribution < -0.4 is 9.47 Å². The van der Waals surface area contributed by atoms with Crippen molar-refractivity contribution in [1.82, 2.24) is 9.88 Å². The highest BCUT2D eigenvalue weighted by Crippen LogP contribution is 2.38. The molecule has 1 unspecified atom stereocenters. The monoisotopic (exact) mass is 374 g/mol. The largest absolute Gasteiger partial charge is 0.496 e. The Balaban J connectivity index is 1.87. The molecule has 0 N–H and O–H groups in total. The number of likely N-dealkylation sites (tertiary alicyclic amines) is 1. The van der Waals surface area contributed by atoms with Crippen LogP contribution in [0.1, 0.15) is 36.3 Å². The predicted octanol–water partition coefficient (Wildman–Crippen LogP) is 3.98. The van der Waals surface area contributed by atoms with E-state index in [1.54, 1.807) is 21.3 Å². The summed E-state index contributed by atoms with van der Waals surface area (Å²) in [5, 5.41) is 0. The summed E-state index contributed by atoms with van der Waals surface area (Å²) in [4.78, 5) is 7.26. The molecule has 1 saturated heterocycles. The third-order valence-corrected chi connectivity index (χ3v) is 5.36. The molecule has 6 heteroatoms. The van der Waals surface area contributed by atoms with Crippen molar-refractivity contribution in [1.29, 1.82) is 0 Å². The molecule has 1 aromatic carbocycles. The molecule has 1 aliphatic heterocycles. The van der Waals surface area contributed by atoms with Gasteiger partial charge in [0.25, 0.3) is 0 Å². The average molecular weight is 374 g/mol. The highest BCUT2D eigenvalue weighted by Gasteiger charge is 2.25. The van der Waals surface area contributed by atoms with E-state index in [2.05, 4.69) is 4.90 Å². The quantitative estimate of drug-likeness (QED) is 0.731. The summed E-state index contributed by atoms with van der Waals surface area (Å²) in [7, 11) is 5.08. The fraction of sp³-hybridized carbons (Fsp3) is 0.571. The molecule has 1 atom stereocenters. The van der Waals surface area contributed by atoms with Crippen LogP contribution in [0.4, 0.5) is 0 Å². The molecule has 1 fully saturated rings. The van der Waals surface area contributed by atoms with Gasteiger partial charge in [0.1, 0.15) is 17.3 Å². The van der Waals surface area contributed by atoms with Gasteiger partial charge in [0, 0.05) is 25.3 Å². The zero-order valence-corrected chi connectivity index (χ0v) is 17.0. The summed E-state index contributed by atoms with van der Waals surface area (Å²) >= 11 is 0. The van der Waals surface area contributed by atoms with E-state index in [-0.39, 0.29) is 0 Å². The molecule has 148 valence electrons. The number of nitrogens with zero attached hydrogens (tertiary/aromatic N) is 2. The minimum absolute atomic E-state index is 0.445. The molecule has 0 amide bonds. The van der Waals surface area contributed by atoms with Gasteiger partial charge < -0.3 is 18.6 Å². The maximum Gasteiger partial charge on any atom is 0.230 e. The fourth-order valence-electron chi connectivity index (χ4n) is 3.86. The molecular weight excluding hydrogens is 344 g/mol. The molecule has 3 rings (SSSR count). The summed E-state index contributed by atoms with van der Waals surface area (Å²) in [5.41, 5.74) is 2.76. The van der Waals surface area contributed by atoms with Crippen molar-refractivity contribution in [3.8, 4) is 23.0 Å². The molecule has 0 radical (unpaired) electrons. The van der Waals surface area contributed by atoms with E-state index < -0.39 is 0 Å². The van der Waals surface area contributed by atoms with Gasteiger partial charge >= 0.3 is 0 Å². The number of aryl methyl sites for hydroxylation is 1. The first-order chi connectivity index (χ1) is 13.1. The number of piperidine rings is 1. The van der Waals surface area contributed by atoms with Crippen molar-refractivity contribution in [3.05, 3.63) is 29.2 Å². The third-order valence-electron chi connectivity index (χ3n) is 5.36. The predicted molar refractivity (Wildman–Crippen MR) is 104 cm³/mol. The van der Waals surface area contributed by atoms with Crippen LogP contribution >= 0.6 is 0 Å². The van der Waals surface area contributed by atoms with Crippen LogP contribution in [0.3, 0.4) is 0 Å². The maximum absolute atomic E-state index is 6.02. The van der Waals surface area contributed by atoms with Crippen LogP contribution in [0.15, 0.2) is 16.5 Å². The minimum Gasteiger partial charge on any atom is -0.496 e. The van der Waals surface area contributed by atoms with Gasteiger partial charge in [-0.25, -0.2) is 4.98 Å². The molecule has 1 aliphatic rings. The van der Waals surface area contributed by atoms with Crippen LogP contribution in [0, 0.1) is 13.8 Å². The fourth-order valence-corrected chi connectivity index (χ4v) is 3.86. The van der Waals surface area contributed by atoms with Gasteiger partial charge in [-0.2, -0.15) is 0 Å². The van der Waals surface area contributed by atoms with Gasteiger partial charge in [-0.3, -0.25) is 4.90 Å². The Labute approximate surface area is 161 Å². The second-order valence-corrected chi connectivity index (χ2v) is 7.07. The van der Waals surface area contributed by atoms with Gasteiger partial charge in [0.2, 0.25) is 5.89 Å². The summed E-state index contributed by atoms with van der Waals surface area (Å²) in [6.07, 6.45) is 3.65. The molecule has 0 bridgehead atoms. The highest BCUT2D eigenvalue weighted by molar-refractivity contribution is 5.68. The third kappa shape index (κ3) is 4.12. The van der Waals surface area contributed by atoms with E-state index in [0.29, 0.717) is 11.9 Å². The molecule has 0 aliphatic carbocycles. The number of rotatable bonds is 7. The number of hydrogen-bond acceptors (Lipinski definition) is 6. The minimum atomic E-state index is 0.445. The van der Waals surface area contributed by atoms with Gasteiger partial charge in [-0.1, -0.05) is 6.42 Å². The van der Waals surface area contributed by atoms with E-state index in [1.165, 1.54) is 19.3 Å². The maximum atomic E-state index is 6.02. The lowest BCUT2D eigenvalue weighted by atomic mass is 10.0. The normalized spacial score (nSPS) is 17.9. The average Bonchev–Trinajstić information content (AvgIpc) is 3.03. The lowest BCUT2D eigenvalue weighted by Crippen LogP contribution is -2.41. The Hall–Kier alpha value is -2.05. The number of ether oxygens (including phenoxy) is 3. The first-order valence-corrected chi connectivity index (χ1v) is 9.50. The lowest BCUT2D eigenvalue weighted by Gasteiger charge is -2.34. The van der Waals surface area contributed by atoms with Crippen molar-refractivity contribution >= 4 is 0 Å². The van der Waals surface area contributed by atoms with Crippen molar-refractivity contribution in [2.75, 3.05) is 34.5 Å². The van der Waals surface area contributed by atoms with Gasteiger partial charge in [0.05, 0.1) is 32.1 Å². The van der Waals surface area contributed by atoms with Crippen molar-refractivity contribution in [2.45, 2.75) is 45.7 Å². The molecule has 0 spiro atoms. The molecule has 27 heavy (non-hydrogen) atoms. The summed E-state index contributed by atoms with van der Waals surface area (Å²) in [5.74, 6) is 2.96. The van der Waals surface area contributed by atoms with Crippen LogP contribution in [0.2, 0.25) is 0 Å². The van der Waals surface area contributed by atoms with Gasteiger partial charge in [-0.15, -0.1) is 0 Å². The molecular formula is C21H30N2O4. The summed E-state index contributed by atoms with van der Waals surface area (Å²) in [6, 6.07) is 4.31. The number of benzene rings is 1. The molecule has 6 nitrogen and oxygen atoms in total. The Morgan fingerprint density at radius 1 is 1.15 bits per heavy atom. The van der Waals surface area contributed by atoms with E-state index >= 15 is 0 Å². The van der Waals surface area contributed by atoms with Crippen molar-refractivity contribution in [3.63, 3.8) is 0 Å². The highest BCUT2D eigenvalue weighted by atomic mass is 16.5. The summed E-state index contributed by atoms with van der Waals surface area (Å²) in [6.45, 7) is 6.56. The van der Waals surface area contributed by atoms with Crippen LogP contribution in [-0.4, -0.2) is 50.4 Å². The number of hydrogen-bond donors (Lipinski definition) is 0. The lowest BCUT2D eigenvalue weighted by molar-refractivity contribution is 0.0590. The summed E-state index contributed by atoms with van der Waals surface area (Å²) < 4.78 is 22.4. The SMILES string of the molecule is COCC1CCCCN1Cc1nc(-c2ccc(OC)c(C)c2OC)oc1C. The Morgan fingerprint density at radius 2 is 1.96 bits per heavy atom. The van der Waals surface area contributed by atoms with Crippen molar-refractivity contribution in [2.24, 2.45) is 0 Å². The van der Waals surface area contributed by atoms with Crippen LogP contribution in [0.5, 0.6) is 11.5 Å². The van der Waals surface area contributed by atoms with Crippen LogP contribution in [-0.2, 0) is 11.3 Å². The second-order valence-electron chi connectivity index (χ2n) is 7.07.